The van der Waals surface area contributed by atoms with Crippen molar-refractivity contribution in [2.75, 3.05) is 26.4 Å². The molecule has 1 N–H and O–H groups in total. The average molecular weight is 355 g/mol. The molecule has 6 heteroatoms. The summed E-state index contributed by atoms with van der Waals surface area (Å²) < 4.78 is 18.4. The summed E-state index contributed by atoms with van der Waals surface area (Å²) in [5.41, 5.74) is 3.00. The number of hydrogen-bond acceptors (Lipinski definition) is 3. The van der Waals surface area contributed by atoms with Gasteiger partial charge in [0.2, 0.25) is 0 Å². The Bertz CT molecular complexity index is 830. The molecule has 1 saturated heterocycles. The number of nitrogens with zero attached hydrogens (tertiary/aromatic N) is 1. The molecular weight excluding hydrogens is 337 g/mol. The number of carboxylic acid groups (broad SMARTS) is 1. The van der Waals surface area contributed by atoms with Crippen molar-refractivity contribution in [3.63, 3.8) is 0 Å². The Kier molecular flexibility index (Phi) is 3.90. The average Bonchev–Trinajstić information content (AvgIpc) is 2.93. The zero-order chi connectivity index (χ0) is 18.3. The van der Waals surface area contributed by atoms with Gasteiger partial charge in [0.25, 0.3) is 0 Å². The van der Waals surface area contributed by atoms with Gasteiger partial charge in [0.15, 0.2) is 0 Å². The Hall–Kier alpha value is -2.89. The standard InChI is InChI=1S/C20H18FNO4/c21-10-20(18(23)24)11-22(12-20)19(25)26-9-17-15-7-3-1-5-13(15)14-6-2-4-8-16(14)17/h1-8,17H,9-12H2,(H,23,24). The molecule has 2 aromatic carbocycles. The Labute approximate surface area is 150 Å². The predicted molar refractivity (Wildman–Crippen MR) is 92.7 cm³/mol. The van der Waals surface area contributed by atoms with E-state index in [-0.39, 0.29) is 25.6 Å². The number of aliphatic carboxylic acids is 1. The molecular formula is C20H18FNO4. The van der Waals surface area contributed by atoms with Gasteiger partial charge in [-0.05, 0) is 22.3 Å². The Morgan fingerprint density at radius 3 is 2.12 bits per heavy atom. The largest absolute Gasteiger partial charge is 0.481 e. The number of benzene rings is 2. The van der Waals surface area contributed by atoms with Crippen LogP contribution in [0.25, 0.3) is 11.1 Å². The molecule has 1 aliphatic heterocycles. The number of rotatable bonds is 4. The molecule has 1 fully saturated rings. The van der Waals surface area contributed by atoms with Crippen LogP contribution in [0, 0.1) is 5.41 Å². The van der Waals surface area contributed by atoms with E-state index in [0.29, 0.717) is 0 Å². The van der Waals surface area contributed by atoms with Crippen molar-refractivity contribution in [2.45, 2.75) is 5.92 Å². The fourth-order valence-electron chi connectivity index (χ4n) is 3.78. The number of halogens is 1. The minimum absolute atomic E-state index is 0.0574. The highest BCUT2D eigenvalue weighted by Gasteiger charge is 2.52. The van der Waals surface area contributed by atoms with Gasteiger partial charge >= 0.3 is 12.1 Å². The number of carbonyl (C=O) groups is 2. The summed E-state index contributed by atoms with van der Waals surface area (Å²) in [5, 5.41) is 9.09. The number of alkyl halides is 1. The Balaban J connectivity index is 1.46. The van der Waals surface area contributed by atoms with Gasteiger partial charge in [-0.1, -0.05) is 48.5 Å². The highest BCUT2D eigenvalue weighted by Crippen LogP contribution is 2.44. The van der Waals surface area contributed by atoms with E-state index < -0.39 is 24.2 Å². The zero-order valence-corrected chi connectivity index (χ0v) is 14.0. The number of carbonyl (C=O) groups excluding carboxylic acids is 1. The lowest BCUT2D eigenvalue weighted by molar-refractivity contribution is -0.160. The first-order chi connectivity index (χ1) is 12.6. The molecule has 0 saturated carbocycles. The number of hydrogen-bond donors (Lipinski definition) is 1. The molecule has 0 radical (unpaired) electrons. The number of likely N-dealkylation sites (tertiary alicyclic amines) is 1. The molecule has 0 aromatic heterocycles. The molecule has 4 rings (SSSR count). The summed E-state index contributed by atoms with van der Waals surface area (Å²) in [6.07, 6.45) is -0.600. The van der Waals surface area contributed by atoms with Crippen molar-refractivity contribution in [2.24, 2.45) is 5.41 Å². The van der Waals surface area contributed by atoms with Crippen LogP contribution < -0.4 is 0 Å². The normalized spacial score (nSPS) is 17.2. The van der Waals surface area contributed by atoms with E-state index in [0.717, 1.165) is 22.3 Å². The third-order valence-corrected chi connectivity index (χ3v) is 5.29. The van der Waals surface area contributed by atoms with Crippen LogP contribution in [0.4, 0.5) is 9.18 Å². The number of ether oxygens (including phenoxy) is 1. The Morgan fingerprint density at radius 2 is 1.62 bits per heavy atom. The molecule has 0 bridgehead atoms. The SMILES string of the molecule is O=C(OCC1c2ccccc2-c2ccccc21)N1CC(CF)(C(=O)O)C1. The van der Waals surface area contributed by atoms with Gasteiger partial charge in [-0.25, -0.2) is 9.18 Å². The second-order valence-electron chi connectivity index (χ2n) is 6.88. The van der Waals surface area contributed by atoms with Crippen LogP contribution in [0.3, 0.4) is 0 Å². The summed E-state index contributed by atoms with van der Waals surface area (Å²) in [7, 11) is 0. The minimum Gasteiger partial charge on any atom is -0.481 e. The van der Waals surface area contributed by atoms with Crippen molar-refractivity contribution in [3.8, 4) is 11.1 Å². The van der Waals surface area contributed by atoms with Crippen molar-refractivity contribution < 1.29 is 23.8 Å². The second-order valence-corrected chi connectivity index (χ2v) is 6.88. The maximum absolute atomic E-state index is 13.0. The maximum atomic E-state index is 13.0. The number of carboxylic acids is 1. The van der Waals surface area contributed by atoms with E-state index in [1.165, 1.54) is 4.90 Å². The lowest BCUT2D eigenvalue weighted by Gasteiger charge is -2.44. The van der Waals surface area contributed by atoms with E-state index in [4.69, 9.17) is 9.84 Å². The highest BCUT2D eigenvalue weighted by molar-refractivity contribution is 5.81. The van der Waals surface area contributed by atoms with Crippen LogP contribution >= 0.6 is 0 Å². The summed E-state index contributed by atoms with van der Waals surface area (Å²) in [5.74, 6) is -1.28. The highest BCUT2D eigenvalue weighted by atomic mass is 19.1. The third kappa shape index (κ3) is 2.44. The van der Waals surface area contributed by atoms with Gasteiger partial charge in [0.1, 0.15) is 18.7 Å². The summed E-state index contributed by atoms with van der Waals surface area (Å²) in [6, 6.07) is 16.0. The van der Waals surface area contributed by atoms with Gasteiger partial charge in [0, 0.05) is 19.0 Å². The van der Waals surface area contributed by atoms with E-state index in [1.807, 2.05) is 48.5 Å². The van der Waals surface area contributed by atoms with Crippen LogP contribution in [0.5, 0.6) is 0 Å². The van der Waals surface area contributed by atoms with Crippen LogP contribution in [0.2, 0.25) is 0 Å². The summed E-state index contributed by atoms with van der Waals surface area (Å²) in [4.78, 5) is 24.6. The summed E-state index contributed by atoms with van der Waals surface area (Å²) in [6.45, 7) is -1.14. The van der Waals surface area contributed by atoms with Crippen LogP contribution in [-0.2, 0) is 9.53 Å². The molecule has 1 heterocycles. The first kappa shape index (κ1) is 16.6. The topological polar surface area (TPSA) is 66.8 Å². The van der Waals surface area contributed by atoms with Crippen LogP contribution in [-0.4, -0.2) is 48.4 Å². The molecule has 1 amide bonds. The molecule has 1 aliphatic carbocycles. The van der Waals surface area contributed by atoms with Crippen molar-refractivity contribution in [1.29, 1.82) is 0 Å². The van der Waals surface area contributed by atoms with E-state index in [9.17, 15) is 14.0 Å². The van der Waals surface area contributed by atoms with Crippen LogP contribution in [0.15, 0.2) is 48.5 Å². The lowest BCUT2D eigenvalue weighted by Crippen LogP contribution is -2.63. The second kappa shape index (κ2) is 6.12. The fourth-order valence-corrected chi connectivity index (χ4v) is 3.78. The molecule has 2 aromatic rings. The van der Waals surface area contributed by atoms with Gasteiger partial charge in [-0.2, -0.15) is 0 Å². The monoisotopic (exact) mass is 355 g/mol. The molecule has 134 valence electrons. The minimum atomic E-state index is -1.48. The first-order valence-electron chi connectivity index (χ1n) is 8.45. The molecule has 26 heavy (non-hydrogen) atoms. The zero-order valence-electron chi connectivity index (χ0n) is 14.0. The van der Waals surface area contributed by atoms with Gasteiger partial charge in [0.05, 0.1) is 0 Å². The molecule has 0 spiro atoms. The van der Waals surface area contributed by atoms with Gasteiger partial charge < -0.3 is 14.7 Å². The van der Waals surface area contributed by atoms with E-state index in [2.05, 4.69) is 0 Å². The molecule has 0 unspecified atom stereocenters. The smallest absolute Gasteiger partial charge is 0.409 e. The quantitative estimate of drug-likeness (QED) is 0.914. The molecule has 2 aliphatic rings. The van der Waals surface area contributed by atoms with E-state index >= 15 is 0 Å². The predicted octanol–water partition coefficient (Wildman–Crippen LogP) is 3.29. The van der Waals surface area contributed by atoms with Crippen molar-refractivity contribution in [3.05, 3.63) is 59.7 Å². The van der Waals surface area contributed by atoms with Crippen LogP contribution in [0.1, 0.15) is 17.0 Å². The van der Waals surface area contributed by atoms with E-state index in [1.54, 1.807) is 0 Å². The van der Waals surface area contributed by atoms with Gasteiger partial charge in [-0.15, -0.1) is 0 Å². The molecule has 0 atom stereocenters. The number of amides is 1. The van der Waals surface area contributed by atoms with Gasteiger partial charge in [-0.3, -0.25) is 4.79 Å². The first-order valence-corrected chi connectivity index (χ1v) is 8.45. The fraction of sp³-hybridized carbons (Fsp3) is 0.300. The van der Waals surface area contributed by atoms with Crippen molar-refractivity contribution in [1.82, 2.24) is 4.90 Å². The lowest BCUT2D eigenvalue weighted by atomic mass is 9.81. The molecule has 5 nitrogen and oxygen atoms in total. The Morgan fingerprint density at radius 1 is 1.08 bits per heavy atom. The van der Waals surface area contributed by atoms with Crippen molar-refractivity contribution >= 4 is 12.1 Å². The summed E-state index contributed by atoms with van der Waals surface area (Å²) >= 11 is 0. The third-order valence-electron chi connectivity index (χ3n) is 5.29. The number of fused-ring (bicyclic) bond motifs is 3. The maximum Gasteiger partial charge on any atom is 0.409 e.